The summed E-state index contributed by atoms with van der Waals surface area (Å²) in [6.45, 7) is 6.61. The van der Waals surface area contributed by atoms with Crippen LogP contribution in [0.3, 0.4) is 0 Å². The quantitative estimate of drug-likeness (QED) is 0.355. The molecule has 0 aromatic carbocycles. The number of rotatable bonds is 0. The Bertz CT molecular complexity index is 8.00. The van der Waals surface area contributed by atoms with E-state index in [9.17, 15) is 0 Å². The zero-order valence-electron chi connectivity index (χ0n) is 2.73. The monoisotopic (exact) mass is 52.0 g/mol. The molecule has 0 rings (SSSR count). The zero-order valence-corrected chi connectivity index (χ0v) is 2.73. The first kappa shape index (κ1) is 4.06. The largest absolute Gasteiger partial charge is 0.0769 e. The second kappa shape index (κ2) is 1.39. The molecule has 0 nitrogen and oxygen atoms in total. The highest BCUT2D eigenvalue weighted by atomic mass is 13.6. The van der Waals surface area contributed by atoms with Crippen LogP contribution in [0.2, 0.25) is 5.82 Å². The third-order valence-corrected chi connectivity index (χ3v) is 0. The van der Waals surface area contributed by atoms with Crippen molar-refractivity contribution >= 4 is 7.85 Å². The van der Waals surface area contributed by atoms with Gasteiger partial charge in [0.15, 0.2) is 0 Å². The molecule has 1 atom stereocenters. The standard InChI is InChI=1S/C3H5B/c1-3(2)4/h1,3H,2H3. The zero-order chi connectivity index (χ0) is 3.58. The van der Waals surface area contributed by atoms with E-state index < -0.39 is 0 Å². The van der Waals surface area contributed by atoms with E-state index in [1.165, 1.54) is 0 Å². The van der Waals surface area contributed by atoms with Crippen LogP contribution in [0.4, 0.5) is 0 Å². The number of hydrogen-bond acceptors (Lipinski definition) is 0. The second-order valence-electron chi connectivity index (χ2n) is 0.859. The topological polar surface area (TPSA) is 0 Å². The minimum absolute atomic E-state index is 0.167. The van der Waals surface area contributed by atoms with E-state index >= 15 is 0 Å². The molecule has 0 fully saturated rings. The molecule has 4 heavy (non-hydrogen) atoms. The van der Waals surface area contributed by atoms with Gasteiger partial charge < -0.3 is 0 Å². The molecule has 0 aliphatic carbocycles. The molecule has 0 saturated carbocycles. The van der Waals surface area contributed by atoms with E-state index in [0.717, 1.165) is 0 Å². The Morgan fingerprint density at radius 1 is 2.00 bits per heavy atom. The van der Waals surface area contributed by atoms with Gasteiger partial charge in [-0.1, -0.05) is 12.7 Å². The van der Waals surface area contributed by atoms with Crippen LogP contribution in [0, 0.1) is 6.92 Å². The summed E-state index contributed by atoms with van der Waals surface area (Å²) in [5.41, 5.74) is 0. The van der Waals surface area contributed by atoms with Crippen LogP contribution in [-0.4, -0.2) is 7.85 Å². The molecule has 0 aliphatic rings. The summed E-state index contributed by atoms with van der Waals surface area (Å²) < 4.78 is 0. The van der Waals surface area contributed by atoms with E-state index in [-0.39, 0.29) is 5.82 Å². The van der Waals surface area contributed by atoms with Gasteiger partial charge in [-0.3, -0.25) is 0 Å². The highest BCUT2D eigenvalue weighted by molar-refractivity contribution is 6.11. The highest BCUT2D eigenvalue weighted by Gasteiger charge is 1.69. The fraction of sp³-hybridized carbons (Fsp3) is 0.667. The summed E-state index contributed by atoms with van der Waals surface area (Å²) in [5, 5.41) is 0. The predicted molar refractivity (Wildman–Crippen MR) is 19.5 cm³/mol. The normalized spacial score (nSPS) is 8.75. The van der Waals surface area contributed by atoms with Gasteiger partial charge in [-0.25, -0.2) is 0 Å². The van der Waals surface area contributed by atoms with E-state index in [0.29, 0.717) is 0 Å². The van der Waals surface area contributed by atoms with Crippen LogP contribution >= 0.6 is 0 Å². The van der Waals surface area contributed by atoms with E-state index in [1.54, 1.807) is 6.92 Å². The van der Waals surface area contributed by atoms with Crippen molar-refractivity contribution in [1.82, 2.24) is 0 Å². The van der Waals surface area contributed by atoms with Gasteiger partial charge in [0.25, 0.3) is 0 Å². The number of hydrogen-bond donors (Lipinski definition) is 0. The van der Waals surface area contributed by atoms with Crippen molar-refractivity contribution in [2.24, 2.45) is 0 Å². The molecule has 0 aliphatic heterocycles. The average Bonchev–Trinajstić information content (AvgIpc) is 0.811. The van der Waals surface area contributed by atoms with Gasteiger partial charge in [-0.05, 0) is 6.92 Å². The van der Waals surface area contributed by atoms with Gasteiger partial charge in [0, 0.05) is 0 Å². The lowest BCUT2D eigenvalue weighted by molar-refractivity contribution is 1.21. The molecule has 0 aromatic heterocycles. The van der Waals surface area contributed by atoms with Crippen LogP contribution in [0.15, 0.2) is 0 Å². The maximum atomic E-state index is 4.89. The molecular weight excluding hydrogens is 46.8 g/mol. The molecule has 4 radical (unpaired) electrons. The molecular formula is C3H5B. The van der Waals surface area contributed by atoms with E-state index in [4.69, 9.17) is 14.8 Å². The highest BCUT2D eigenvalue weighted by Crippen LogP contribution is 1.83. The lowest BCUT2D eigenvalue weighted by atomic mass is 9.93. The first-order chi connectivity index (χ1) is 1.73. The van der Waals surface area contributed by atoms with E-state index in [1.807, 2.05) is 0 Å². The molecule has 0 bridgehead atoms. The van der Waals surface area contributed by atoms with Crippen molar-refractivity contribution in [3.8, 4) is 0 Å². The molecule has 0 N–H and O–H groups in total. The maximum Gasteiger partial charge on any atom is 0.0699 e. The summed E-state index contributed by atoms with van der Waals surface area (Å²) in [7, 11) is 4.89. The van der Waals surface area contributed by atoms with Gasteiger partial charge in [0.05, 0.1) is 7.85 Å². The molecule has 0 aromatic rings. The van der Waals surface area contributed by atoms with Gasteiger partial charge in [0.2, 0.25) is 0 Å². The third-order valence-electron chi connectivity index (χ3n) is 0. The fourth-order valence-corrected chi connectivity index (χ4v) is 0. The maximum absolute atomic E-state index is 4.89. The lowest BCUT2D eigenvalue weighted by Gasteiger charge is -1.78. The molecule has 1 unspecified atom stereocenters. The summed E-state index contributed by atoms with van der Waals surface area (Å²) in [5.74, 6) is -0.167. The van der Waals surface area contributed by atoms with Crippen LogP contribution in [-0.2, 0) is 0 Å². The third kappa shape index (κ3) is 555. The lowest BCUT2D eigenvalue weighted by Crippen LogP contribution is -1.67. The van der Waals surface area contributed by atoms with E-state index in [2.05, 4.69) is 0 Å². The smallest absolute Gasteiger partial charge is 0.0699 e. The summed E-state index contributed by atoms with van der Waals surface area (Å²) >= 11 is 0. The Kier molecular flexibility index (Phi) is 1.41. The molecule has 0 amide bonds. The molecule has 0 heterocycles. The van der Waals surface area contributed by atoms with Gasteiger partial charge >= 0.3 is 0 Å². The van der Waals surface area contributed by atoms with Gasteiger partial charge in [-0.2, -0.15) is 0 Å². The molecule has 0 spiro atoms. The van der Waals surface area contributed by atoms with Crippen molar-refractivity contribution in [3.63, 3.8) is 0 Å². The molecule has 20 valence electrons. The van der Waals surface area contributed by atoms with Crippen molar-refractivity contribution in [3.05, 3.63) is 6.92 Å². The Hall–Kier alpha value is 0.0649. The summed E-state index contributed by atoms with van der Waals surface area (Å²) in [6.07, 6.45) is 0. The Morgan fingerprint density at radius 3 is 2.00 bits per heavy atom. The second-order valence-corrected chi connectivity index (χ2v) is 0.859. The summed E-state index contributed by atoms with van der Waals surface area (Å²) in [6, 6.07) is 0. The van der Waals surface area contributed by atoms with Crippen molar-refractivity contribution in [2.75, 3.05) is 0 Å². The van der Waals surface area contributed by atoms with Crippen molar-refractivity contribution in [1.29, 1.82) is 0 Å². The van der Waals surface area contributed by atoms with Crippen LogP contribution in [0.25, 0.3) is 0 Å². The molecule has 1 heteroatoms. The van der Waals surface area contributed by atoms with Crippen LogP contribution in [0.5, 0.6) is 0 Å². The van der Waals surface area contributed by atoms with Crippen LogP contribution in [0.1, 0.15) is 6.92 Å². The first-order valence-electron chi connectivity index (χ1n) is 1.24. The summed E-state index contributed by atoms with van der Waals surface area (Å²) in [4.78, 5) is 0. The van der Waals surface area contributed by atoms with Crippen LogP contribution < -0.4 is 0 Å². The minimum atomic E-state index is -0.167. The predicted octanol–water partition coefficient (Wildman–Crippen LogP) is 0.674. The average molecular weight is 51.9 g/mol. The Labute approximate surface area is 28.6 Å². The minimum Gasteiger partial charge on any atom is -0.0769 e. The van der Waals surface area contributed by atoms with Gasteiger partial charge in [-0.15, -0.1) is 0 Å². The first-order valence-corrected chi connectivity index (χ1v) is 1.24. The fourth-order valence-electron chi connectivity index (χ4n) is 0. The van der Waals surface area contributed by atoms with Gasteiger partial charge in [0.1, 0.15) is 0 Å². The van der Waals surface area contributed by atoms with Crippen molar-refractivity contribution < 1.29 is 0 Å². The molecule has 0 saturated heterocycles. The Balaban J connectivity index is 2.32. The SMILES string of the molecule is [B]C([CH])C. The van der Waals surface area contributed by atoms with Crippen molar-refractivity contribution in [2.45, 2.75) is 12.7 Å². The Morgan fingerprint density at radius 2 is 2.00 bits per heavy atom.